The monoisotopic (exact) mass is 253 g/mol. The lowest BCUT2D eigenvalue weighted by molar-refractivity contribution is -0.115. The molecule has 0 saturated heterocycles. The van der Waals surface area contributed by atoms with E-state index in [-0.39, 0.29) is 5.91 Å². The number of amides is 1. The Morgan fingerprint density at radius 1 is 1.21 bits per heavy atom. The van der Waals surface area contributed by atoms with E-state index in [9.17, 15) is 4.79 Å². The fraction of sp³-hybridized carbons (Fsp3) is 0.133. The van der Waals surface area contributed by atoms with Crippen molar-refractivity contribution < 1.29 is 4.79 Å². The molecular formula is C15H15N3O. The standard InChI is InChI=1S/C15H15N3O/c16-12-3-1-2-10(6-12)9-17-13-4-5-14-11(7-13)8-15(19)18-14/h1-7,17H,8-9,16H2,(H,18,19). The van der Waals surface area contributed by atoms with Crippen molar-refractivity contribution in [3.8, 4) is 0 Å². The van der Waals surface area contributed by atoms with Gasteiger partial charge in [0.2, 0.25) is 5.91 Å². The van der Waals surface area contributed by atoms with Gasteiger partial charge in [0, 0.05) is 23.6 Å². The second kappa shape index (κ2) is 4.65. The van der Waals surface area contributed by atoms with Crippen LogP contribution in [-0.2, 0) is 17.8 Å². The summed E-state index contributed by atoms with van der Waals surface area (Å²) in [6, 6.07) is 13.7. The first-order chi connectivity index (χ1) is 9.20. The molecular weight excluding hydrogens is 238 g/mol. The summed E-state index contributed by atoms with van der Waals surface area (Å²) in [6.07, 6.45) is 0.461. The Hall–Kier alpha value is -2.49. The Bertz CT molecular complexity index is 637. The van der Waals surface area contributed by atoms with Crippen LogP contribution in [-0.4, -0.2) is 5.91 Å². The number of carbonyl (C=O) groups excluding carboxylic acids is 1. The van der Waals surface area contributed by atoms with Gasteiger partial charge in [0.15, 0.2) is 0 Å². The van der Waals surface area contributed by atoms with E-state index in [4.69, 9.17) is 5.73 Å². The fourth-order valence-corrected chi connectivity index (χ4v) is 2.25. The summed E-state index contributed by atoms with van der Waals surface area (Å²) in [4.78, 5) is 11.3. The molecule has 0 fully saturated rings. The number of benzene rings is 2. The zero-order valence-corrected chi connectivity index (χ0v) is 10.4. The van der Waals surface area contributed by atoms with E-state index in [0.29, 0.717) is 13.0 Å². The second-order valence-corrected chi connectivity index (χ2v) is 4.70. The molecule has 3 rings (SSSR count). The summed E-state index contributed by atoms with van der Waals surface area (Å²) in [6.45, 7) is 0.713. The van der Waals surface area contributed by atoms with Crippen LogP contribution in [0.3, 0.4) is 0 Å². The van der Waals surface area contributed by atoms with Crippen molar-refractivity contribution in [3.63, 3.8) is 0 Å². The van der Waals surface area contributed by atoms with Crippen LogP contribution in [0.1, 0.15) is 11.1 Å². The molecule has 0 bridgehead atoms. The number of hydrogen-bond donors (Lipinski definition) is 3. The van der Waals surface area contributed by atoms with Crippen molar-refractivity contribution in [2.75, 3.05) is 16.4 Å². The molecule has 0 unspecified atom stereocenters. The van der Waals surface area contributed by atoms with Crippen molar-refractivity contribution in [3.05, 3.63) is 53.6 Å². The van der Waals surface area contributed by atoms with Gasteiger partial charge in [0.25, 0.3) is 0 Å². The van der Waals surface area contributed by atoms with Gasteiger partial charge in [-0.15, -0.1) is 0 Å². The smallest absolute Gasteiger partial charge is 0.228 e. The lowest BCUT2D eigenvalue weighted by Gasteiger charge is -2.08. The number of rotatable bonds is 3. The summed E-state index contributed by atoms with van der Waals surface area (Å²) in [5.74, 6) is 0.0583. The van der Waals surface area contributed by atoms with E-state index < -0.39 is 0 Å². The van der Waals surface area contributed by atoms with Crippen LogP contribution in [0.5, 0.6) is 0 Å². The Kier molecular flexibility index (Phi) is 2.83. The molecule has 0 saturated carbocycles. The third-order valence-electron chi connectivity index (χ3n) is 3.18. The van der Waals surface area contributed by atoms with E-state index in [1.165, 1.54) is 0 Å². The highest BCUT2D eigenvalue weighted by Crippen LogP contribution is 2.26. The van der Waals surface area contributed by atoms with Gasteiger partial charge in [-0.2, -0.15) is 0 Å². The van der Waals surface area contributed by atoms with E-state index >= 15 is 0 Å². The molecule has 1 aliphatic rings. The van der Waals surface area contributed by atoms with Crippen LogP contribution >= 0.6 is 0 Å². The summed E-state index contributed by atoms with van der Waals surface area (Å²) >= 11 is 0. The minimum Gasteiger partial charge on any atom is -0.399 e. The molecule has 4 heteroatoms. The Balaban J connectivity index is 1.71. The molecule has 1 aliphatic heterocycles. The van der Waals surface area contributed by atoms with E-state index in [2.05, 4.69) is 10.6 Å². The molecule has 1 heterocycles. The van der Waals surface area contributed by atoms with Crippen LogP contribution in [0, 0.1) is 0 Å². The van der Waals surface area contributed by atoms with E-state index in [1.54, 1.807) is 0 Å². The minimum atomic E-state index is 0.0583. The summed E-state index contributed by atoms with van der Waals surface area (Å²) in [5, 5.41) is 6.16. The molecule has 19 heavy (non-hydrogen) atoms. The molecule has 2 aromatic carbocycles. The van der Waals surface area contributed by atoms with E-state index in [0.717, 1.165) is 28.2 Å². The predicted molar refractivity (Wildman–Crippen MR) is 77.0 cm³/mol. The maximum Gasteiger partial charge on any atom is 0.228 e. The molecule has 4 nitrogen and oxygen atoms in total. The summed E-state index contributed by atoms with van der Waals surface area (Å²) < 4.78 is 0. The van der Waals surface area contributed by atoms with Crippen LogP contribution in [0.2, 0.25) is 0 Å². The molecule has 96 valence electrons. The zero-order chi connectivity index (χ0) is 13.2. The molecule has 2 aromatic rings. The average molecular weight is 253 g/mol. The Labute approximate surface area is 111 Å². The topological polar surface area (TPSA) is 67.1 Å². The number of nitrogens with one attached hydrogen (secondary N) is 2. The predicted octanol–water partition coefficient (Wildman–Crippen LogP) is 2.38. The first kappa shape index (κ1) is 11.6. The third-order valence-corrected chi connectivity index (χ3v) is 3.18. The summed E-state index contributed by atoms with van der Waals surface area (Å²) in [7, 11) is 0. The maximum atomic E-state index is 11.3. The molecule has 0 spiro atoms. The van der Waals surface area contributed by atoms with Gasteiger partial charge in [-0.25, -0.2) is 0 Å². The number of nitrogens with two attached hydrogens (primary N) is 1. The molecule has 0 aliphatic carbocycles. The third kappa shape index (κ3) is 2.52. The van der Waals surface area contributed by atoms with Crippen molar-refractivity contribution in [2.24, 2.45) is 0 Å². The Morgan fingerprint density at radius 3 is 2.95 bits per heavy atom. The summed E-state index contributed by atoms with van der Waals surface area (Å²) in [5.41, 5.74) is 10.6. The zero-order valence-electron chi connectivity index (χ0n) is 10.4. The quantitative estimate of drug-likeness (QED) is 0.736. The lowest BCUT2D eigenvalue weighted by atomic mass is 10.1. The highest BCUT2D eigenvalue weighted by molar-refractivity contribution is 5.99. The SMILES string of the molecule is Nc1cccc(CNc2ccc3c(c2)CC(=O)N3)c1. The molecule has 0 aromatic heterocycles. The van der Waals surface area contributed by atoms with Crippen molar-refractivity contribution in [1.29, 1.82) is 0 Å². The van der Waals surface area contributed by atoms with Crippen LogP contribution < -0.4 is 16.4 Å². The van der Waals surface area contributed by atoms with Gasteiger partial charge < -0.3 is 16.4 Å². The van der Waals surface area contributed by atoms with Gasteiger partial charge in [0.05, 0.1) is 6.42 Å². The van der Waals surface area contributed by atoms with Crippen LogP contribution in [0.25, 0.3) is 0 Å². The normalized spacial score (nSPS) is 12.9. The first-order valence-electron chi connectivity index (χ1n) is 6.22. The number of anilines is 3. The fourth-order valence-electron chi connectivity index (χ4n) is 2.25. The van der Waals surface area contributed by atoms with Crippen molar-refractivity contribution in [2.45, 2.75) is 13.0 Å². The van der Waals surface area contributed by atoms with Gasteiger partial charge >= 0.3 is 0 Å². The molecule has 1 amide bonds. The molecule has 4 N–H and O–H groups in total. The van der Waals surface area contributed by atoms with Gasteiger partial charge in [0.1, 0.15) is 0 Å². The van der Waals surface area contributed by atoms with Gasteiger partial charge in [-0.05, 0) is 41.5 Å². The van der Waals surface area contributed by atoms with Crippen molar-refractivity contribution >= 4 is 23.0 Å². The molecule has 0 atom stereocenters. The van der Waals surface area contributed by atoms with Crippen LogP contribution in [0.15, 0.2) is 42.5 Å². The highest BCUT2D eigenvalue weighted by atomic mass is 16.1. The average Bonchev–Trinajstić information content (AvgIpc) is 2.75. The van der Waals surface area contributed by atoms with Gasteiger partial charge in [-0.1, -0.05) is 12.1 Å². The highest BCUT2D eigenvalue weighted by Gasteiger charge is 2.17. The Morgan fingerprint density at radius 2 is 2.11 bits per heavy atom. The number of carbonyl (C=O) groups is 1. The van der Waals surface area contributed by atoms with Gasteiger partial charge in [-0.3, -0.25) is 4.79 Å². The second-order valence-electron chi connectivity index (χ2n) is 4.70. The van der Waals surface area contributed by atoms with Crippen LogP contribution in [0.4, 0.5) is 17.1 Å². The number of fused-ring (bicyclic) bond motifs is 1. The number of nitrogen functional groups attached to an aromatic ring is 1. The van der Waals surface area contributed by atoms with E-state index in [1.807, 2.05) is 42.5 Å². The maximum absolute atomic E-state index is 11.3. The minimum absolute atomic E-state index is 0.0583. The first-order valence-corrected chi connectivity index (χ1v) is 6.22. The number of hydrogen-bond acceptors (Lipinski definition) is 3. The largest absolute Gasteiger partial charge is 0.399 e. The van der Waals surface area contributed by atoms with Crippen molar-refractivity contribution in [1.82, 2.24) is 0 Å². The lowest BCUT2D eigenvalue weighted by Crippen LogP contribution is -2.03. The molecule has 0 radical (unpaired) electrons.